The van der Waals surface area contributed by atoms with E-state index in [1.54, 1.807) is 0 Å². The van der Waals surface area contributed by atoms with E-state index in [-0.39, 0.29) is 6.09 Å². The summed E-state index contributed by atoms with van der Waals surface area (Å²) >= 11 is 0. The highest BCUT2D eigenvalue weighted by Crippen LogP contribution is 1.89. The van der Waals surface area contributed by atoms with Crippen LogP contribution in [0.15, 0.2) is 0 Å². The molecule has 0 fully saturated rings. The quantitative estimate of drug-likeness (QED) is 0.479. The summed E-state index contributed by atoms with van der Waals surface area (Å²) in [6, 6.07) is 0. The monoisotopic (exact) mass is 245 g/mol. The van der Waals surface area contributed by atoms with Crippen LogP contribution in [0.5, 0.6) is 0 Å². The van der Waals surface area contributed by atoms with E-state index < -0.39 is 0 Å². The second kappa shape index (κ2) is 13.3. The van der Waals surface area contributed by atoms with Crippen molar-refractivity contribution < 1.29 is 9.53 Å². The van der Waals surface area contributed by atoms with Gasteiger partial charge in [-0.05, 0) is 45.3 Å². The lowest BCUT2D eigenvalue weighted by molar-refractivity contribution is 0.144. The molecule has 0 rings (SSSR count). The molecule has 0 atom stereocenters. The minimum atomic E-state index is -0.297. The molecular weight excluding hydrogens is 218 g/mol. The molecule has 5 heteroatoms. The lowest BCUT2D eigenvalue weighted by Gasteiger charge is -2.06. The van der Waals surface area contributed by atoms with Crippen LogP contribution in [0.3, 0.4) is 0 Å². The van der Waals surface area contributed by atoms with Crippen LogP contribution < -0.4 is 16.4 Å². The van der Waals surface area contributed by atoms with Gasteiger partial charge in [0, 0.05) is 6.54 Å². The highest BCUT2D eigenvalue weighted by Gasteiger charge is 1.99. The van der Waals surface area contributed by atoms with Gasteiger partial charge in [0.15, 0.2) is 0 Å². The van der Waals surface area contributed by atoms with Gasteiger partial charge in [-0.25, -0.2) is 4.79 Å². The molecule has 1 amide bonds. The number of carbonyl (C=O) groups is 1. The number of nitrogens with one attached hydrogen (secondary N) is 2. The molecule has 0 aromatic heterocycles. The third kappa shape index (κ3) is 13.1. The van der Waals surface area contributed by atoms with Crippen molar-refractivity contribution in [2.45, 2.75) is 39.0 Å². The lowest BCUT2D eigenvalue weighted by atomic mass is 10.3. The van der Waals surface area contributed by atoms with Gasteiger partial charge in [-0.15, -0.1) is 0 Å². The largest absolute Gasteiger partial charge is 0.450 e. The van der Waals surface area contributed by atoms with E-state index in [1.807, 2.05) is 0 Å². The van der Waals surface area contributed by atoms with Crippen LogP contribution in [0.4, 0.5) is 4.79 Å². The van der Waals surface area contributed by atoms with Crippen molar-refractivity contribution in [3.05, 3.63) is 0 Å². The number of unbranched alkanes of at least 4 members (excludes halogenated alkanes) is 2. The van der Waals surface area contributed by atoms with Gasteiger partial charge in [-0.3, -0.25) is 0 Å². The third-order valence-electron chi connectivity index (χ3n) is 2.34. The SMILES string of the molecule is CCCCOC(=O)NCCCCNCCCN. The van der Waals surface area contributed by atoms with Gasteiger partial charge in [-0.2, -0.15) is 0 Å². The minimum Gasteiger partial charge on any atom is -0.450 e. The van der Waals surface area contributed by atoms with Crippen molar-refractivity contribution in [2.75, 3.05) is 32.8 Å². The number of amides is 1. The Hall–Kier alpha value is -0.810. The number of carbonyl (C=O) groups excluding carboxylic acids is 1. The molecule has 0 aliphatic rings. The molecule has 0 spiro atoms. The first kappa shape index (κ1) is 16.2. The maximum absolute atomic E-state index is 11.1. The standard InChI is InChI=1S/C12H27N3O2/c1-2-3-11-17-12(16)15-10-5-4-8-14-9-6-7-13/h14H,2-11,13H2,1H3,(H,15,16). The van der Waals surface area contributed by atoms with Crippen LogP contribution in [0.1, 0.15) is 39.0 Å². The van der Waals surface area contributed by atoms with Crippen LogP contribution in [-0.2, 0) is 4.74 Å². The molecule has 0 aliphatic carbocycles. The Morgan fingerprint density at radius 1 is 1.12 bits per heavy atom. The summed E-state index contributed by atoms with van der Waals surface area (Å²) in [7, 11) is 0. The summed E-state index contributed by atoms with van der Waals surface area (Å²) in [4.78, 5) is 11.1. The van der Waals surface area contributed by atoms with E-state index in [4.69, 9.17) is 10.5 Å². The van der Waals surface area contributed by atoms with E-state index in [2.05, 4.69) is 17.6 Å². The third-order valence-corrected chi connectivity index (χ3v) is 2.34. The molecule has 5 nitrogen and oxygen atoms in total. The van der Waals surface area contributed by atoms with Crippen LogP contribution in [-0.4, -0.2) is 38.9 Å². The van der Waals surface area contributed by atoms with Crippen LogP contribution in [0.25, 0.3) is 0 Å². The van der Waals surface area contributed by atoms with Gasteiger partial charge < -0.3 is 21.1 Å². The number of nitrogens with two attached hydrogens (primary N) is 1. The first-order valence-corrected chi connectivity index (χ1v) is 6.62. The maximum Gasteiger partial charge on any atom is 0.407 e. The van der Waals surface area contributed by atoms with Crippen molar-refractivity contribution in [1.82, 2.24) is 10.6 Å². The summed E-state index contributed by atoms with van der Waals surface area (Å²) in [5.74, 6) is 0. The Labute approximate surface area is 104 Å². The second-order valence-electron chi connectivity index (χ2n) is 4.02. The molecular formula is C12H27N3O2. The van der Waals surface area contributed by atoms with E-state index >= 15 is 0 Å². The summed E-state index contributed by atoms with van der Waals surface area (Å²) in [6.45, 7) is 5.96. The zero-order valence-electron chi connectivity index (χ0n) is 11.0. The molecule has 0 saturated carbocycles. The lowest BCUT2D eigenvalue weighted by Crippen LogP contribution is -2.26. The molecule has 4 N–H and O–H groups in total. The molecule has 102 valence electrons. The topological polar surface area (TPSA) is 76.4 Å². The van der Waals surface area contributed by atoms with Crippen LogP contribution >= 0.6 is 0 Å². The summed E-state index contributed by atoms with van der Waals surface area (Å²) < 4.78 is 4.96. The minimum absolute atomic E-state index is 0.297. The van der Waals surface area contributed by atoms with E-state index in [0.29, 0.717) is 13.2 Å². The van der Waals surface area contributed by atoms with Gasteiger partial charge in [0.25, 0.3) is 0 Å². The zero-order valence-corrected chi connectivity index (χ0v) is 11.0. The first-order chi connectivity index (χ1) is 8.31. The molecule has 17 heavy (non-hydrogen) atoms. The van der Waals surface area contributed by atoms with Gasteiger partial charge in [0.2, 0.25) is 0 Å². The Morgan fingerprint density at radius 2 is 1.82 bits per heavy atom. The molecule has 0 saturated heterocycles. The average molecular weight is 245 g/mol. The highest BCUT2D eigenvalue weighted by molar-refractivity contribution is 5.66. The molecule has 0 unspecified atom stereocenters. The fraction of sp³-hybridized carbons (Fsp3) is 0.917. The van der Waals surface area contributed by atoms with Crippen molar-refractivity contribution in [2.24, 2.45) is 5.73 Å². The fourth-order valence-electron chi connectivity index (χ4n) is 1.28. The van der Waals surface area contributed by atoms with Gasteiger partial charge in [-0.1, -0.05) is 13.3 Å². The highest BCUT2D eigenvalue weighted by atomic mass is 16.5. The van der Waals surface area contributed by atoms with E-state index in [0.717, 1.165) is 51.7 Å². The number of rotatable bonds is 11. The Kier molecular flexibility index (Phi) is 12.6. The normalized spacial score (nSPS) is 10.2. The average Bonchev–Trinajstić information content (AvgIpc) is 2.33. The maximum atomic E-state index is 11.1. The van der Waals surface area contributed by atoms with Gasteiger partial charge >= 0.3 is 6.09 Å². The molecule has 0 heterocycles. The molecule has 0 aromatic rings. The van der Waals surface area contributed by atoms with Crippen molar-refractivity contribution in [1.29, 1.82) is 0 Å². The van der Waals surface area contributed by atoms with Crippen molar-refractivity contribution in [3.63, 3.8) is 0 Å². The number of alkyl carbamates (subject to hydrolysis) is 1. The molecule has 0 bridgehead atoms. The Morgan fingerprint density at radius 3 is 2.53 bits per heavy atom. The number of hydrogen-bond acceptors (Lipinski definition) is 4. The van der Waals surface area contributed by atoms with Crippen LogP contribution in [0, 0.1) is 0 Å². The van der Waals surface area contributed by atoms with Crippen LogP contribution in [0.2, 0.25) is 0 Å². The number of hydrogen-bond donors (Lipinski definition) is 3. The van der Waals surface area contributed by atoms with Gasteiger partial charge in [0.05, 0.1) is 6.61 Å². The zero-order chi connectivity index (χ0) is 12.8. The number of ether oxygens (including phenoxy) is 1. The van der Waals surface area contributed by atoms with Gasteiger partial charge in [0.1, 0.15) is 0 Å². The second-order valence-corrected chi connectivity index (χ2v) is 4.02. The van der Waals surface area contributed by atoms with Crippen molar-refractivity contribution >= 4 is 6.09 Å². The molecule has 0 aliphatic heterocycles. The van der Waals surface area contributed by atoms with Crippen molar-refractivity contribution in [3.8, 4) is 0 Å². The predicted octanol–water partition coefficient (Wildman–Crippen LogP) is 1.23. The Balaban J connectivity index is 3.08. The summed E-state index contributed by atoms with van der Waals surface area (Å²) in [5, 5.41) is 6.03. The molecule has 0 radical (unpaired) electrons. The predicted molar refractivity (Wildman–Crippen MR) is 70.0 cm³/mol. The molecule has 0 aromatic carbocycles. The first-order valence-electron chi connectivity index (χ1n) is 6.62. The summed E-state index contributed by atoms with van der Waals surface area (Å²) in [6.07, 6.45) is 4.72. The fourth-order valence-corrected chi connectivity index (χ4v) is 1.28. The summed E-state index contributed by atoms with van der Waals surface area (Å²) in [5.41, 5.74) is 5.37. The van der Waals surface area contributed by atoms with E-state index in [1.165, 1.54) is 0 Å². The smallest absolute Gasteiger partial charge is 0.407 e. The Bertz CT molecular complexity index is 177. The van der Waals surface area contributed by atoms with E-state index in [9.17, 15) is 4.79 Å².